The van der Waals surface area contributed by atoms with Crippen molar-refractivity contribution in [1.82, 2.24) is 0 Å². The van der Waals surface area contributed by atoms with E-state index in [0.29, 0.717) is 6.10 Å². The quantitative estimate of drug-likeness (QED) is 0.359. The zero-order valence-corrected chi connectivity index (χ0v) is 15.8. The van der Waals surface area contributed by atoms with E-state index >= 15 is 0 Å². The molecule has 0 fully saturated rings. The van der Waals surface area contributed by atoms with Crippen molar-refractivity contribution >= 4 is 39.2 Å². The van der Waals surface area contributed by atoms with Crippen LogP contribution in [0.5, 0.6) is 0 Å². The summed E-state index contributed by atoms with van der Waals surface area (Å²) in [5.74, 6) is 0. The lowest BCUT2D eigenvalue weighted by atomic mass is 10.2. The summed E-state index contributed by atoms with van der Waals surface area (Å²) < 4.78 is 13.3. The van der Waals surface area contributed by atoms with Crippen molar-refractivity contribution in [1.29, 1.82) is 0 Å². The minimum Gasteiger partial charge on any atom is -0.415 e. The molecular weight excluding hydrogens is 347 g/mol. The maximum atomic E-state index is 6.17. The SMILES string of the molecule is C[Si](C)(C)OCC(CCCI)O[Si](C)(C)C. The maximum absolute atomic E-state index is 6.17. The number of hydrogen-bond donors (Lipinski definition) is 0. The van der Waals surface area contributed by atoms with Gasteiger partial charge in [-0.1, -0.05) is 22.6 Å². The highest BCUT2D eigenvalue weighted by atomic mass is 127. The number of alkyl halides is 1. The molecule has 0 spiro atoms. The van der Waals surface area contributed by atoms with Gasteiger partial charge in [0, 0.05) is 0 Å². The molecule has 0 saturated carbocycles. The predicted molar refractivity (Wildman–Crippen MR) is 85.6 cm³/mol. The van der Waals surface area contributed by atoms with E-state index in [1.165, 1.54) is 10.8 Å². The van der Waals surface area contributed by atoms with Crippen LogP contribution in [0.3, 0.4) is 0 Å². The standard InChI is InChI=1S/C11H27IO2Si2/c1-15(2,3)13-10-11(8-7-9-12)14-16(4,5)6/h11H,7-10H2,1-6H3. The Morgan fingerprint density at radius 2 is 1.56 bits per heavy atom. The van der Waals surface area contributed by atoms with Gasteiger partial charge in [-0.15, -0.1) is 0 Å². The molecule has 0 amide bonds. The van der Waals surface area contributed by atoms with Crippen LogP contribution < -0.4 is 0 Å². The molecule has 2 nitrogen and oxygen atoms in total. The van der Waals surface area contributed by atoms with Crippen molar-refractivity contribution in [2.45, 2.75) is 58.2 Å². The largest absolute Gasteiger partial charge is 0.415 e. The lowest BCUT2D eigenvalue weighted by molar-refractivity contribution is 0.111. The molecule has 1 unspecified atom stereocenters. The highest BCUT2D eigenvalue weighted by molar-refractivity contribution is 14.1. The third-order valence-electron chi connectivity index (χ3n) is 1.88. The molecule has 0 aromatic carbocycles. The van der Waals surface area contributed by atoms with Crippen LogP contribution in [-0.2, 0) is 8.85 Å². The Morgan fingerprint density at radius 1 is 1.00 bits per heavy atom. The van der Waals surface area contributed by atoms with Crippen LogP contribution in [0.4, 0.5) is 0 Å². The van der Waals surface area contributed by atoms with Gasteiger partial charge in [-0.05, 0) is 56.6 Å². The molecule has 16 heavy (non-hydrogen) atoms. The van der Waals surface area contributed by atoms with Crippen molar-refractivity contribution in [2.24, 2.45) is 0 Å². The molecule has 0 aliphatic rings. The second-order valence-electron chi connectivity index (χ2n) is 6.11. The fourth-order valence-corrected chi connectivity index (χ4v) is 3.64. The first-order chi connectivity index (χ1) is 7.14. The molecular formula is C11H27IO2Si2. The van der Waals surface area contributed by atoms with Crippen LogP contribution >= 0.6 is 22.6 Å². The molecule has 0 bridgehead atoms. The van der Waals surface area contributed by atoms with Crippen LogP contribution in [-0.4, -0.2) is 33.8 Å². The summed E-state index contributed by atoms with van der Waals surface area (Å²) in [7, 11) is -2.83. The van der Waals surface area contributed by atoms with Gasteiger partial charge < -0.3 is 8.85 Å². The first-order valence-electron chi connectivity index (χ1n) is 6.02. The average Bonchev–Trinajstić information content (AvgIpc) is 2.06. The Bertz CT molecular complexity index is 187. The Kier molecular flexibility index (Phi) is 8.01. The highest BCUT2D eigenvalue weighted by Gasteiger charge is 2.23. The van der Waals surface area contributed by atoms with Gasteiger partial charge in [-0.25, -0.2) is 0 Å². The van der Waals surface area contributed by atoms with Crippen molar-refractivity contribution in [3.05, 3.63) is 0 Å². The van der Waals surface area contributed by atoms with Crippen LogP contribution in [0.1, 0.15) is 12.8 Å². The van der Waals surface area contributed by atoms with Crippen molar-refractivity contribution in [3.8, 4) is 0 Å². The molecule has 0 heterocycles. The average molecular weight is 374 g/mol. The third-order valence-corrected chi connectivity index (χ3v) is 4.72. The second kappa shape index (κ2) is 7.50. The molecule has 98 valence electrons. The van der Waals surface area contributed by atoms with Gasteiger partial charge in [-0.3, -0.25) is 0 Å². The topological polar surface area (TPSA) is 18.5 Å². The fraction of sp³-hybridized carbons (Fsp3) is 1.00. The second-order valence-corrected chi connectivity index (χ2v) is 16.2. The molecule has 0 aliphatic carbocycles. The van der Waals surface area contributed by atoms with Crippen LogP contribution in [0.25, 0.3) is 0 Å². The molecule has 0 aliphatic heterocycles. The van der Waals surface area contributed by atoms with E-state index in [1.54, 1.807) is 0 Å². The highest BCUT2D eigenvalue weighted by Crippen LogP contribution is 2.15. The van der Waals surface area contributed by atoms with Gasteiger partial charge in [0.2, 0.25) is 0 Å². The summed E-state index contributed by atoms with van der Waals surface area (Å²) in [4.78, 5) is 0. The summed E-state index contributed by atoms with van der Waals surface area (Å²) in [6.07, 6.45) is 2.68. The van der Waals surface area contributed by atoms with E-state index in [0.717, 1.165) is 13.0 Å². The predicted octanol–water partition coefficient (Wildman–Crippen LogP) is 4.27. The Balaban J connectivity index is 4.10. The van der Waals surface area contributed by atoms with Crippen molar-refractivity contribution in [3.63, 3.8) is 0 Å². The number of halogens is 1. The lowest BCUT2D eigenvalue weighted by Gasteiger charge is -2.29. The molecule has 0 rings (SSSR count). The molecule has 0 aromatic rings. The Morgan fingerprint density at radius 3 is 1.94 bits per heavy atom. The van der Waals surface area contributed by atoms with E-state index in [-0.39, 0.29) is 0 Å². The molecule has 0 aromatic heterocycles. The molecule has 0 N–H and O–H groups in total. The lowest BCUT2D eigenvalue weighted by Crippen LogP contribution is -2.38. The van der Waals surface area contributed by atoms with E-state index in [2.05, 4.69) is 61.9 Å². The Labute approximate surface area is 117 Å². The summed E-state index contributed by atoms with van der Waals surface area (Å²) in [5, 5.41) is 0. The number of rotatable bonds is 8. The zero-order chi connectivity index (χ0) is 12.8. The van der Waals surface area contributed by atoms with Crippen LogP contribution in [0.15, 0.2) is 0 Å². The van der Waals surface area contributed by atoms with Gasteiger partial charge in [0.05, 0.1) is 12.7 Å². The Hall–Kier alpha value is 1.08. The molecule has 1 atom stereocenters. The third kappa shape index (κ3) is 11.6. The normalized spacial score (nSPS) is 15.2. The maximum Gasteiger partial charge on any atom is 0.184 e. The van der Waals surface area contributed by atoms with E-state index in [4.69, 9.17) is 8.85 Å². The monoisotopic (exact) mass is 374 g/mol. The minimum absolute atomic E-state index is 0.313. The van der Waals surface area contributed by atoms with Gasteiger partial charge in [0.1, 0.15) is 0 Å². The van der Waals surface area contributed by atoms with E-state index < -0.39 is 16.6 Å². The summed E-state index contributed by atoms with van der Waals surface area (Å²) in [6, 6.07) is 0. The summed E-state index contributed by atoms with van der Waals surface area (Å²) in [5.41, 5.74) is 0. The zero-order valence-electron chi connectivity index (χ0n) is 11.6. The number of hydrogen-bond acceptors (Lipinski definition) is 2. The fourth-order valence-electron chi connectivity index (χ4n) is 1.32. The molecule has 5 heteroatoms. The van der Waals surface area contributed by atoms with E-state index in [9.17, 15) is 0 Å². The van der Waals surface area contributed by atoms with Crippen LogP contribution in [0, 0.1) is 0 Å². The minimum atomic E-state index is -1.43. The first kappa shape index (κ1) is 17.1. The van der Waals surface area contributed by atoms with Crippen LogP contribution in [0.2, 0.25) is 39.3 Å². The van der Waals surface area contributed by atoms with Gasteiger partial charge >= 0.3 is 0 Å². The smallest absolute Gasteiger partial charge is 0.184 e. The van der Waals surface area contributed by atoms with Crippen molar-refractivity contribution < 1.29 is 8.85 Å². The van der Waals surface area contributed by atoms with E-state index in [1.807, 2.05) is 0 Å². The van der Waals surface area contributed by atoms with Gasteiger partial charge in [0.15, 0.2) is 16.6 Å². The molecule has 0 saturated heterocycles. The van der Waals surface area contributed by atoms with Gasteiger partial charge in [0.25, 0.3) is 0 Å². The first-order valence-corrected chi connectivity index (χ1v) is 14.4. The summed E-state index contributed by atoms with van der Waals surface area (Å²) in [6.45, 7) is 14.2. The van der Waals surface area contributed by atoms with Gasteiger partial charge in [-0.2, -0.15) is 0 Å². The molecule has 0 radical (unpaired) electrons. The van der Waals surface area contributed by atoms with Crippen molar-refractivity contribution in [2.75, 3.05) is 11.0 Å². The summed E-state index contributed by atoms with van der Waals surface area (Å²) >= 11 is 2.43.